The molecule has 0 aromatic carbocycles. The molecule has 8 heteroatoms. The van der Waals surface area contributed by atoms with Crippen molar-refractivity contribution in [3.8, 4) is 0 Å². The molecule has 7 nitrogen and oxygen atoms in total. The average molecular weight is 275 g/mol. The zero-order valence-electron chi connectivity index (χ0n) is 10.2. The van der Waals surface area contributed by atoms with E-state index in [2.05, 4.69) is 25.3 Å². The Kier molecular flexibility index (Phi) is 3.71. The lowest BCUT2D eigenvalue weighted by molar-refractivity contribution is 1.21. The number of fused-ring (bicyclic) bond motifs is 1. The van der Waals surface area contributed by atoms with Crippen molar-refractivity contribution in [2.45, 2.75) is 6.92 Å². The Morgan fingerprint density at radius 1 is 1.47 bits per heavy atom. The van der Waals surface area contributed by atoms with Crippen molar-refractivity contribution >= 4 is 40.1 Å². The Morgan fingerprint density at radius 3 is 3.00 bits per heavy atom. The minimum atomic E-state index is 0.158. The smallest absolute Gasteiger partial charge is 0.224 e. The highest BCUT2D eigenvalue weighted by Crippen LogP contribution is 2.16. The number of hydrogen-bond donors (Lipinski definition) is 4. The third-order valence-electron chi connectivity index (χ3n) is 2.35. The predicted molar refractivity (Wildman–Crippen MR) is 79.4 cm³/mol. The number of allylic oxidation sites excluding steroid dienone is 2. The van der Waals surface area contributed by atoms with Crippen LogP contribution < -0.4 is 16.8 Å². The van der Waals surface area contributed by atoms with Crippen LogP contribution in [0.5, 0.6) is 0 Å². The lowest BCUT2D eigenvalue weighted by Crippen LogP contribution is -2.08. The normalized spacial score (nSPS) is 12.2. The zero-order chi connectivity index (χ0) is 13.8. The van der Waals surface area contributed by atoms with Crippen molar-refractivity contribution < 1.29 is 0 Å². The van der Waals surface area contributed by atoms with Crippen molar-refractivity contribution in [3.63, 3.8) is 0 Å². The molecule has 0 aliphatic rings. The van der Waals surface area contributed by atoms with Crippen LogP contribution in [0.25, 0.3) is 11.2 Å². The van der Waals surface area contributed by atoms with Gasteiger partial charge in [0.1, 0.15) is 5.52 Å². The number of nitrogen functional groups attached to an aromatic ring is 1. The zero-order valence-corrected chi connectivity index (χ0v) is 11.0. The largest absolute Gasteiger partial charge is 0.390 e. The number of nitrogens with zero attached hydrogens (tertiary/aromatic N) is 3. The number of imidazole rings is 1. The quantitative estimate of drug-likeness (QED) is 0.374. The second-order valence-electron chi connectivity index (χ2n) is 3.75. The summed E-state index contributed by atoms with van der Waals surface area (Å²) in [5.74, 6) is 0.711. The number of hydrogen-bond acceptors (Lipinski definition) is 6. The summed E-state index contributed by atoms with van der Waals surface area (Å²) >= 11 is 4.83. The Morgan fingerprint density at radius 2 is 2.26 bits per heavy atom. The highest BCUT2D eigenvalue weighted by atomic mass is 32.1. The second-order valence-corrected chi connectivity index (χ2v) is 4.19. The Labute approximate surface area is 114 Å². The van der Waals surface area contributed by atoms with Crippen LogP contribution in [0.4, 0.5) is 11.8 Å². The van der Waals surface area contributed by atoms with Crippen LogP contribution >= 0.6 is 12.2 Å². The van der Waals surface area contributed by atoms with E-state index in [1.807, 2.05) is 6.92 Å². The van der Waals surface area contributed by atoms with Crippen molar-refractivity contribution in [3.05, 3.63) is 30.3 Å². The van der Waals surface area contributed by atoms with Gasteiger partial charge in [-0.1, -0.05) is 18.3 Å². The van der Waals surface area contributed by atoms with Crippen LogP contribution in [0.3, 0.4) is 0 Å². The summed E-state index contributed by atoms with van der Waals surface area (Å²) in [6.45, 7) is 1.84. The number of thiocarbonyl (C=S) groups is 1. The first-order chi connectivity index (χ1) is 9.08. The van der Waals surface area contributed by atoms with Crippen molar-refractivity contribution in [1.82, 2.24) is 19.9 Å². The fourth-order valence-corrected chi connectivity index (χ4v) is 1.42. The molecule has 0 fully saturated rings. The first kappa shape index (κ1) is 13.0. The van der Waals surface area contributed by atoms with E-state index in [9.17, 15) is 0 Å². The minimum Gasteiger partial charge on any atom is -0.390 e. The fourth-order valence-electron chi connectivity index (χ4n) is 1.36. The SMILES string of the molecule is C/C(=C\C=C/Nc1nc(N)nc2nc[nH]c12)C(N)=S. The van der Waals surface area contributed by atoms with E-state index >= 15 is 0 Å². The third-order valence-corrected chi connectivity index (χ3v) is 2.68. The molecular weight excluding hydrogens is 262 g/mol. The molecule has 0 bridgehead atoms. The van der Waals surface area contributed by atoms with Gasteiger partial charge in [-0.25, -0.2) is 4.98 Å². The van der Waals surface area contributed by atoms with Crippen LogP contribution in [-0.4, -0.2) is 24.9 Å². The van der Waals surface area contributed by atoms with Crippen LogP contribution in [0.1, 0.15) is 6.92 Å². The van der Waals surface area contributed by atoms with Gasteiger partial charge in [-0.3, -0.25) is 0 Å². The number of rotatable bonds is 4. The first-order valence-corrected chi connectivity index (χ1v) is 5.85. The highest BCUT2D eigenvalue weighted by Gasteiger charge is 2.06. The lowest BCUT2D eigenvalue weighted by Gasteiger charge is -2.01. The first-order valence-electron chi connectivity index (χ1n) is 5.44. The summed E-state index contributed by atoms with van der Waals surface area (Å²) in [5.41, 5.74) is 13.1. The van der Waals surface area contributed by atoms with E-state index in [4.69, 9.17) is 23.7 Å². The summed E-state index contributed by atoms with van der Waals surface area (Å²) in [4.78, 5) is 15.4. The number of nitrogens with two attached hydrogens (primary N) is 2. The molecule has 0 aliphatic heterocycles. The molecule has 0 amide bonds. The van der Waals surface area contributed by atoms with Crippen LogP contribution in [0.15, 0.2) is 30.3 Å². The molecule has 0 spiro atoms. The molecule has 19 heavy (non-hydrogen) atoms. The van der Waals surface area contributed by atoms with E-state index < -0.39 is 0 Å². The summed E-state index contributed by atoms with van der Waals surface area (Å²) < 4.78 is 0. The Hall–Kier alpha value is -2.48. The molecule has 0 unspecified atom stereocenters. The van der Waals surface area contributed by atoms with Crippen molar-refractivity contribution in [2.24, 2.45) is 5.73 Å². The molecule has 0 saturated heterocycles. The Bertz CT molecular complexity index is 671. The van der Waals surface area contributed by atoms with Gasteiger partial charge in [-0.2, -0.15) is 9.97 Å². The summed E-state index contributed by atoms with van der Waals surface area (Å²) in [6, 6.07) is 0. The molecule has 2 rings (SSSR count). The number of nitrogens with one attached hydrogen (secondary N) is 2. The molecule has 0 atom stereocenters. The number of H-pyrrole nitrogens is 1. The summed E-state index contributed by atoms with van der Waals surface area (Å²) in [7, 11) is 0. The second kappa shape index (κ2) is 5.44. The van der Waals surface area contributed by atoms with Gasteiger partial charge in [0.2, 0.25) is 5.95 Å². The molecule has 6 N–H and O–H groups in total. The molecule has 2 aromatic rings. The minimum absolute atomic E-state index is 0.158. The van der Waals surface area contributed by atoms with Gasteiger partial charge < -0.3 is 21.8 Å². The van der Waals surface area contributed by atoms with Crippen LogP contribution in [0.2, 0.25) is 0 Å². The van der Waals surface area contributed by atoms with Crippen LogP contribution in [0, 0.1) is 0 Å². The van der Waals surface area contributed by atoms with Gasteiger partial charge >= 0.3 is 0 Å². The van der Waals surface area contributed by atoms with Crippen LogP contribution in [-0.2, 0) is 0 Å². The maximum atomic E-state index is 5.59. The third kappa shape index (κ3) is 3.05. The van der Waals surface area contributed by atoms with Crippen molar-refractivity contribution in [2.75, 3.05) is 11.1 Å². The van der Waals surface area contributed by atoms with Crippen molar-refractivity contribution in [1.29, 1.82) is 0 Å². The molecule has 98 valence electrons. The monoisotopic (exact) mass is 275 g/mol. The van der Waals surface area contributed by atoms with Gasteiger partial charge in [-0.15, -0.1) is 0 Å². The number of anilines is 2. The van der Waals surface area contributed by atoms with Gasteiger partial charge in [-0.05, 0) is 18.6 Å². The topological polar surface area (TPSA) is 119 Å². The van der Waals surface area contributed by atoms with E-state index in [1.54, 1.807) is 18.4 Å². The molecule has 2 aromatic heterocycles. The molecule has 2 heterocycles. The maximum absolute atomic E-state index is 5.59. The van der Waals surface area contributed by atoms with E-state index in [0.29, 0.717) is 22.0 Å². The van der Waals surface area contributed by atoms with E-state index in [-0.39, 0.29) is 5.95 Å². The number of aromatic amines is 1. The average Bonchev–Trinajstić information content (AvgIpc) is 2.81. The van der Waals surface area contributed by atoms with E-state index in [0.717, 1.165) is 5.57 Å². The Balaban J connectivity index is 2.18. The predicted octanol–water partition coefficient (Wildman–Crippen LogP) is 1.09. The molecule has 0 aliphatic carbocycles. The molecule has 0 radical (unpaired) electrons. The number of aromatic nitrogens is 4. The standard InChI is InChI=1S/C11H13N7S/c1-6(8(12)19)3-2-4-14-9-7-10(16-5-15-7)18-11(13)17-9/h2-5H,1H3,(H2,12,19)(H4,13,14,15,16,17,18)/b4-2-,6-3+. The maximum Gasteiger partial charge on any atom is 0.224 e. The highest BCUT2D eigenvalue weighted by molar-refractivity contribution is 7.80. The lowest BCUT2D eigenvalue weighted by atomic mass is 10.3. The molecular formula is C11H13N7S. The van der Waals surface area contributed by atoms with Gasteiger partial charge in [0.15, 0.2) is 11.5 Å². The summed E-state index contributed by atoms with van der Waals surface area (Å²) in [6.07, 6.45) is 6.80. The molecule has 0 saturated carbocycles. The van der Waals surface area contributed by atoms with Gasteiger partial charge in [0.05, 0.1) is 11.3 Å². The summed E-state index contributed by atoms with van der Waals surface area (Å²) in [5, 5.41) is 3.00. The van der Waals surface area contributed by atoms with Gasteiger partial charge in [0, 0.05) is 6.20 Å². The van der Waals surface area contributed by atoms with E-state index in [1.165, 1.54) is 6.33 Å². The fraction of sp³-hybridized carbons (Fsp3) is 0.0909. The van der Waals surface area contributed by atoms with Gasteiger partial charge in [0.25, 0.3) is 0 Å².